The topological polar surface area (TPSA) is 93.1 Å². The van der Waals surface area contributed by atoms with E-state index in [1.807, 2.05) is 0 Å². The third-order valence-corrected chi connectivity index (χ3v) is 9.98. The van der Waals surface area contributed by atoms with Gasteiger partial charge in [-0.1, -0.05) is 129 Å². The number of thioether (sulfide) groups is 2. The van der Waals surface area contributed by atoms with E-state index >= 15 is 0 Å². The van der Waals surface area contributed by atoms with Crippen LogP contribution in [0.15, 0.2) is 0 Å². The zero-order valence-electron chi connectivity index (χ0n) is 28.0. The van der Waals surface area contributed by atoms with Gasteiger partial charge in [0.1, 0.15) is 6.61 Å². The minimum Gasteiger partial charge on any atom is -0.465 e. The fourth-order valence-corrected chi connectivity index (χ4v) is 6.69. The van der Waals surface area contributed by atoms with Crippen molar-refractivity contribution < 1.29 is 29.3 Å². The highest BCUT2D eigenvalue weighted by molar-refractivity contribution is 7.99. The van der Waals surface area contributed by atoms with E-state index in [0.29, 0.717) is 18.6 Å². The molecule has 0 bridgehead atoms. The van der Waals surface area contributed by atoms with Gasteiger partial charge < -0.3 is 19.7 Å². The van der Waals surface area contributed by atoms with Gasteiger partial charge in [0.15, 0.2) is 0 Å². The highest BCUT2D eigenvalue weighted by Gasteiger charge is 2.22. The first-order chi connectivity index (χ1) is 21.0. The van der Waals surface area contributed by atoms with Gasteiger partial charge >= 0.3 is 11.9 Å². The van der Waals surface area contributed by atoms with Crippen LogP contribution in [0.4, 0.5) is 0 Å². The molecule has 2 unspecified atom stereocenters. The van der Waals surface area contributed by atoms with Crippen LogP contribution in [0.25, 0.3) is 0 Å². The van der Waals surface area contributed by atoms with E-state index in [4.69, 9.17) is 9.47 Å². The molecule has 0 aromatic rings. The SMILES string of the molecule is CCCCCCCCCCCCSCCC(=O)OCC(O)C(CO)COC(=O)CCSCCCCCCCCCCCC. The van der Waals surface area contributed by atoms with Crippen LogP contribution in [0.1, 0.15) is 155 Å². The van der Waals surface area contributed by atoms with Crippen molar-refractivity contribution in [1.29, 1.82) is 0 Å². The lowest BCUT2D eigenvalue weighted by atomic mass is 10.1. The molecule has 0 rings (SSSR count). The molecule has 0 spiro atoms. The van der Waals surface area contributed by atoms with Crippen molar-refractivity contribution >= 4 is 35.5 Å². The summed E-state index contributed by atoms with van der Waals surface area (Å²) < 4.78 is 10.5. The Morgan fingerprint density at radius 1 is 0.535 bits per heavy atom. The van der Waals surface area contributed by atoms with Crippen LogP contribution in [0.3, 0.4) is 0 Å². The fourth-order valence-electron chi connectivity index (χ4n) is 4.84. The number of carbonyl (C=O) groups is 2. The van der Waals surface area contributed by atoms with Crippen molar-refractivity contribution in [2.45, 2.75) is 161 Å². The maximum atomic E-state index is 12.1. The second-order valence-electron chi connectivity index (χ2n) is 12.0. The number of unbranched alkanes of at least 4 members (excludes halogenated alkanes) is 18. The van der Waals surface area contributed by atoms with E-state index in [0.717, 1.165) is 17.3 Å². The monoisotopic (exact) mass is 648 g/mol. The average molecular weight is 649 g/mol. The summed E-state index contributed by atoms with van der Waals surface area (Å²) in [6.45, 7) is 3.89. The van der Waals surface area contributed by atoms with Crippen molar-refractivity contribution in [3.63, 3.8) is 0 Å². The van der Waals surface area contributed by atoms with Gasteiger partial charge in [0.05, 0.1) is 32.2 Å². The number of ether oxygens (including phenoxy) is 2. The molecule has 0 heterocycles. The van der Waals surface area contributed by atoms with E-state index in [1.54, 1.807) is 23.5 Å². The molecule has 0 fully saturated rings. The lowest BCUT2D eigenvalue weighted by Gasteiger charge is -2.20. The van der Waals surface area contributed by atoms with Crippen molar-refractivity contribution in [2.24, 2.45) is 5.92 Å². The minimum absolute atomic E-state index is 0.0775. The third kappa shape index (κ3) is 31.3. The number of hydrogen-bond donors (Lipinski definition) is 2. The Morgan fingerprint density at radius 3 is 1.26 bits per heavy atom. The molecule has 0 aromatic heterocycles. The van der Waals surface area contributed by atoms with Crippen LogP contribution >= 0.6 is 23.5 Å². The Hall–Kier alpha value is -0.440. The molecule has 8 heteroatoms. The van der Waals surface area contributed by atoms with Gasteiger partial charge in [-0.05, 0) is 24.3 Å². The van der Waals surface area contributed by atoms with Gasteiger partial charge in [-0.3, -0.25) is 9.59 Å². The molecule has 0 saturated heterocycles. The summed E-state index contributed by atoms with van der Waals surface area (Å²) in [5.41, 5.74) is 0. The van der Waals surface area contributed by atoms with Crippen LogP contribution in [0, 0.1) is 5.92 Å². The second kappa shape index (κ2) is 34.4. The third-order valence-electron chi connectivity index (χ3n) is 7.84. The predicted molar refractivity (Wildman–Crippen MR) is 186 cm³/mol. The quantitative estimate of drug-likeness (QED) is 0.0527. The molecule has 43 heavy (non-hydrogen) atoms. The lowest BCUT2D eigenvalue weighted by Crippen LogP contribution is -2.33. The largest absolute Gasteiger partial charge is 0.465 e. The Morgan fingerprint density at radius 2 is 0.884 bits per heavy atom. The van der Waals surface area contributed by atoms with Gasteiger partial charge in [0.2, 0.25) is 0 Å². The van der Waals surface area contributed by atoms with Crippen molar-refractivity contribution in [1.82, 2.24) is 0 Å². The molecule has 0 saturated carbocycles. The Balaban J connectivity index is 3.63. The number of aliphatic hydroxyl groups is 2. The van der Waals surface area contributed by atoms with Crippen LogP contribution < -0.4 is 0 Å². The smallest absolute Gasteiger partial charge is 0.306 e. The zero-order valence-corrected chi connectivity index (χ0v) is 29.6. The summed E-state index contributed by atoms with van der Waals surface area (Å²) in [6.07, 6.45) is 26.0. The van der Waals surface area contributed by atoms with Gasteiger partial charge in [0.25, 0.3) is 0 Å². The summed E-state index contributed by atoms with van der Waals surface area (Å²) in [7, 11) is 0. The molecular weight excluding hydrogens is 581 g/mol. The number of esters is 2. The highest BCUT2D eigenvalue weighted by Crippen LogP contribution is 2.15. The maximum Gasteiger partial charge on any atom is 0.306 e. The van der Waals surface area contributed by atoms with Crippen LogP contribution in [-0.4, -0.2) is 71.1 Å². The maximum absolute atomic E-state index is 12.1. The summed E-state index contributed by atoms with van der Waals surface area (Å²) in [6, 6.07) is 0. The van der Waals surface area contributed by atoms with Crippen molar-refractivity contribution in [3.05, 3.63) is 0 Å². The van der Waals surface area contributed by atoms with Crippen molar-refractivity contribution in [3.8, 4) is 0 Å². The van der Waals surface area contributed by atoms with Gasteiger partial charge in [-0.25, -0.2) is 0 Å². The Kier molecular flexibility index (Phi) is 34.1. The number of hydrogen-bond acceptors (Lipinski definition) is 8. The van der Waals surface area contributed by atoms with Crippen LogP contribution in [0.2, 0.25) is 0 Å². The normalized spacial score (nSPS) is 12.7. The summed E-state index contributed by atoms with van der Waals surface area (Å²) in [4.78, 5) is 24.1. The molecule has 0 aromatic carbocycles. The molecule has 2 N–H and O–H groups in total. The fraction of sp³-hybridized carbons (Fsp3) is 0.943. The van der Waals surface area contributed by atoms with Crippen molar-refractivity contribution in [2.75, 3.05) is 42.8 Å². The molecule has 2 atom stereocenters. The van der Waals surface area contributed by atoms with Gasteiger partial charge in [0, 0.05) is 17.4 Å². The predicted octanol–water partition coefficient (Wildman–Crippen LogP) is 9.13. The van der Waals surface area contributed by atoms with Gasteiger partial charge in [-0.15, -0.1) is 0 Å². The lowest BCUT2D eigenvalue weighted by molar-refractivity contribution is -0.152. The zero-order chi connectivity index (χ0) is 31.6. The molecule has 256 valence electrons. The summed E-state index contributed by atoms with van der Waals surface area (Å²) in [5.74, 6) is 2.22. The number of aliphatic hydroxyl groups excluding tert-OH is 2. The molecule has 0 aliphatic heterocycles. The van der Waals surface area contributed by atoms with Crippen LogP contribution in [-0.2, 0) is 19.1 Å². The molecular formula is C35H68O6S2. The van der Waals surface area contributed by atoms with E-state index in [9.17, 15) is 19.8 Å². The first-order valence-corrected chi connectivity index (χ1v) is 20.1. The molecule has 0 amide bonds. The van der Waals surface area contributed by atoms with E-state index in [-0.39, 0.29) is 31.8 Å². The minimum atomic E-state index is -1.06. The highest BCUT2D eigenvalue weighted by atomic mass is 32.2. The average Bonchev–Trinajstić information content (AvgIpc) is 3.01. The number of carbonyl (C=O) groups excluding carboxylic acids is 2. The molecule has 0 aliphatic rings. The number of rotatable bonds is 34. The molecule has 0 aliphatic carbocycles. The summed E-state index contributed by atoms with van der Waals surface area (Å²) >= 11 is 3.54. The molecule has 0 radical (unpaired) electrons. The van der Waals surface area contributed by atoms with Crippen LogP contribution in [0.5, 0.6) is 0 Å². The first kappa shape index (κ1) is 42.6. The van der Waals surface area contributed by atoms with E-state index < -0.39 is 12.0 Å². The standard InChI is InChI=1S/C35H68O6S2/c1-3-5-7-9-11-13-15-17-19-21-25-42-27-23-34(38)40-30-32(29-36)33(37)31-41-35(39)24-28-43-26-22-20-18-16-14-12-10-8-6-4-2/h32-33,36-37H,3-31H2,1-2H3. The Bertz CT molecular complexity index is 607. The molecule has 6 nitrogen and oxygen atoms in total. The summed E-state index contributed by atoms with van der Waals surface area (Å²) in [5, 5.41) is 19.9. The van der Waals surface area contributed by atoms with E-state index in [2.05, 4.69) is 13.8 Å². The van der Waals surface area contributed by atoms with E-state index in [1.165, 1.54) is 128 Å². The second-order valence-corrected chi connectivity index (χ2v) is 14.4. The Labute approximate surface area is 274 Å². The van der Waals surface area contributed by atoms with Gasteiger partial charge in [-0.2, -0.15) is 23.5 Å². The first-order valence-electron chi connectivity index (χ1n) is 17.8.